The zero-order valence-corrected chi connectivity index (χ0v) is 15.9. The lowest BCUT2D eigenvalue weighted by Crippen LogP contribution is -2.37. The Labute approximate surface area is 163 Å². The first-order chi connectivity index (χ1) is 13.0. The number of benzene rings is 2. The Morgan fingerprint density at radius 1 is 1.15 bits per heavy atom. The average molecular weight is 387 g/mol. The van der Waals surface area contributed by atoms with E-state index in [1.807, 2.05) is 48.3 Å². The van der Waals surface area contributed by atoms with Crippen molar-refractivity contribution >= 4 is 29.2 Å². The molecule has 2 aromatic carbocycles. The Balaban J connectivity index is 1.47. The summed E-state index contributed by atoms with van der Waals surface area (Å²) in [5, 5.41) is 9.14. The number of anilines is 1. The Hall–Kier alpha value is -2.57. The Morgan fingerprint density at radius 3 is 2.44 bits per heavy atom. The number of nitrogens with one attached hydrogen (secondary N) is 3. The van der Waals surface area contributed by atoms with Crippen LogP contribution in [0.4, 0.5) is 10.5 Å². The molecule has 0 saturated carbocycles. The van der Waals surface area contributed by atoms with Crippen LogP contribution < -0.4 is 16.0 Å². The summed E-state index contributed by atoms with van der Waals surface area (Å²) in [7, 11) is 1.95. The molecule has 3 rings (SSSR count). The van der Waals surface area contributed by atoms with Crippen LogP contribution in [-0.2, 0) is 17.9 Å². The van der Waals surface area contributed by atoms with Gasteiger partial charge < -0.3 is 16.0 Å². The van der Waals surface area contributed by atoms with Crippen LogP contribution in [0.1, 0.15) is 17.5 Å². The Kier molecular flexibility index (Phi) is 6.32. The first-order valence-corrected chi connectivity index (χ1v) is 9.25. The predicted octanol–water partition coefficient (Wildman–Crippen LogP) is 2.98. The molecule has 2 aromatic rings. The van der Waals surface area contributed by atoms with Crippen LogP contribution in [0.3, 0.4) is 0 Å². The highest BCUT2D eigenvalue weighted by Gasteiger charge is 2.27. The van der Waals surface area contributed by atoms with Crippen molar-refractivity contribution in [3.05, 3.63) is 64.7 Å². The molecule has 3 N–H and O–H groups in total. The number of rotatable bonds is 6. The van der Waals surface area contributed by atoms with E-state index in [-0.39, 0.29) is 18.0 Å². The number of nitrogens with zero attached hydrogens (tertiary/aromatic N) is 1. The van der Waals surface area contributed by atoms with Crippen LogP contribution in [0.15, 0.2) is 48.5 Å². The highest BCUT2D eigenvalue weighted by atomic mass is 35.5. The third-order valence-electron chi connectivity index (χ3n) is 4.56. The van der Waals surface area contributed by atoms with Gasteiger partial charge in [0, 0.05) is 30.3 Å². The molecule has 0 bridgehead atoms. The molecular weight excluding hydrogens is 364 g/mol. The van der Waals surface area contributed by atoms with Crippen LogP contribution >= 0.6 is 11.6 Å². The van der Waals surface area contributed by atoms with Crippen molar-refractivity contribution in [2.24, 2.45) is 0 Å². The van der Waals surface area contributed by atoms with Gasteiger partial charge >= 0.3 is 6.03 Å². The van der Waals surface area contributed by atoms with Gasteiger partial charge in [-0.1, -0.05) is 35.9 Å². The zero-order valence-electron chi connectivity index (χ0n) is 15.2. The van der Waals surface area contributed by atoms with Crippen molar-refractivity contribution in [1.29, 1.82) is 0 Å². The summed E-state index contributed by atoms with van der Waals surface area (Å²) in [5.41, 5.74) is 2.78. The molecule has 1 aliphatic rings. The van der Waals surface area contributed by atoms with E-state index >= 15 is 0 Å². The summed E-state index contributed by atoms with van der Waals surface area (Å²) < 4.78 is 0. The molecule has 1 unspecified atom stereocenters. The van der Waals surface area contributed by atoms with Gasteiger partial charge in [-0.2, -0.15) is 0 Å². The molecule has 0 aliphatic carbocycles. The lowest BCUT2D eigenvalue weighted by atomic mass is 10.1. The van der Waals surface area contributed by atoms with E-state index in [0.717, 1.165) is 24.1 Å². The Morgan fingerprint density at radius 2 is 1.81 bits per heavy atom. The average Bonchev–Trinajstić information content (AvgIpc) is 3.09. The second-order valence-electron chi connectivity index (χ2n) is 6.64. The van der Waals surface area contributed by atoms with Gasteiger partial charge in [0.15, 0.2) is 0 Å². The van der Waals surface area contributed by atoms with Gasteiger partial charge in [-0.15, -0.1) is 0 Å². The van der Waals surface area contributed by atoms with Crippen LogP contribution in [0.25, 0.3) is 0 Å². The number of amides is 3. The van der Waals surface area contributed by atoms with Gasteiger partial charge in [0.1, 0.15) is 0 Å². The number of halogens is 1. The smallest absolute Gasteiger partial charge is 0.319 e. The highest BCUT2D eigenvalue weighted by Crippen LogP contribution is 2.15. The minimum Gasteiger partial charge on any atom is -0.355 e. The molecule has 6 nitrogen and oxygen atoms in total. The van der Waals surface area contributed by atoms with Crippen LogP contribution in [-0.4, -0.2) is 36.5 Å². The lowest BCUT2D eigenvalue weighted by Gasteiger charge is -2.22. The zero-order chi connectivity index (χ0) is 19.2. The molecule has 0 spiro atoms. The summed E-state index contributed by atoms with van der Waals surface area (Å²) >= 11 is 5.85. The van der Waals surface area contributed by atoms with Crippen molar-refractivity contribution in [2.75, 3.05) is 18.9 Å². The number of hydrogen-bond donors (Lipinski definition) is 3. The van der Waals surface area contributed by atoms with Crippen molar-refractivity contribution in [1.82, 2.24) is 15.5 Å². The number of hydrogen-bond acceptors (Lipinski definition) is 3. The monoisotopic (exact) mass is 386 g/mol. The minimum absolute atomic E-state index is 0.0681. The number of likely N-dealkylation sites (N-methyl/N-ethyl adjacent to an activating group) is 1. The van der Waals surface area contributed by atoms with Gasteiger partial charge in [-0.05, 0) is 48.9 Å². The molecule has 1 atom stereocenters. The van der Waals surface area contributed by atoms with Crippen LogP contribution in [0, 0.1) is 0 Å². The molecule has 27 heavy (non-hydrogen) atoms. The maximum absolute atomic E-state index is 12.0. The molecule has 1 aliphatic heterocycles. The summed E-state index contributed by atoms with van der Waals surface area (Å²) in [4.78, 5) is 25.8. The lowest BCUT2D eigenvalue weighted by molar-refractivity contribution is -0.123. The maximum Gasteiger partial charge on any atom is 0.319 e. The van der Waals surface area contributed by atoms with E-state index in [2.05, 4.69) is 16.0 Å². The summed E-state index contributed by atoms with van der Waals surface area (Å²) in [6.07, 6.45) is 0.836. The van der Waals surface area contributed by atoms with E-state index in [9.17, 15) is 9.59 Å². The van der Waals surface area contributed by atoms with E-state index in [4.69, 9.17) is 11.6 Å². The standard InChI is InChI=1S/C20H23ClN4O2/c1-25(18-10-11-22-19(18)26)13-15-4-8-17(9-5-15)24-20(27)23-12-14-2-6-16(21)7-3-14/h2-9,18H,10-13H2,1H3,(H,22,26)(H2,23,24,27). The van der Waals surface area contributed by atoms with E-state index in [1.165, 1.54) is 0 Å². The molecule has 0 radical (unpaired) electrons. The molecule has 1 saturated heterocycles. The van der Waals surface area contributed by atoms with Crippen molar-refractivity contribution in [2.45, 2.75) is 25.6 Å². The fraction of sp³-hybridized carbons (Fsp3) is 0.300. The normalized spacial score (nSPS) is 16.3. The van der Waals surface area contributed by atoms with Gasteiger partial charge in [0.2, 0.25) is 5.91 Å². The number of carbonyl (C=O) groups excluding carboxylic acids is 2. The summed E-state index contributed by atoms with van der Waals surface area (Å²) in [6, 6.07) is 14.6. The summed E-state index contributed by atoms with van der Waals surface area (Å²) in [5.74, 6) is 0.0909. The fourth-order valence-electron chi connectivity index (χ4n) is 3.05. The number of urea groups is 1. The number of carbonyl (C=O) groups is 2. The fourth-order valence-corrected chi connectivity index (χ4v) is 3.18. The molecule has 1 fully saturated rings. The third-order valence-corrected chi connectivity index (χ3v) is 4.81. The SMILES string of the molecule is CN(Cc1ccc(NC(=O)NCc2ccc(Cl)cc2)cc1)C1CCNC1=O. The third kappa shape index (κ3) is 5.45. The molecule has 0 aromatic heterocycles. The first kappa shape index (κ1) is 19.2. The van der Waals surface area contributed by atoms with Crippen molar-refractivity contribution < 1.29 is 9.59 Å². The van der Waals surface area contributed by atoms with E-state index in [1.54, 1.807) is 12.1 Å². The van der Waals surface area contributed by atoms with Gasteiger partial charge in [0.05, 0.1) is 6.04 Å². The maximum atomic E-state index is 12.0. The predicted molar refractivity (Wildman–Crippen MR) is 107 cm³/mol. The van der Waals surface area contributed by atoms with Gasteiger partial charge in [-0.3, -0.25) is 9.69 Å². The molecule has 3 amide bonds. The first-order valence-electron chi connectivity index (χ1n) is 8.87. The second-order valence-corrected chi connectivity index (χ2v) is 7.08. The van der Waals surface area contributed by atoms with Gasteiger partial charge in [0.25, 0.3) is 0 Å². The van der Waals surface area contributed by atoms with Crippen LogP contribution in [0.2, 0.25) is 5.02 Å². The largest absolute Gasteiger partial charge is 0.355 e. The van der Waals surface area contributed by atoms with Crippen LogP contribution in [0.5, 0.6) is 0 Å². The Bertz CT molecular complexity index is 793. The second kappa shape index (κ2) is 8.88. The highest BCUT2D eigenvalue weighted by molar-refractivity contribution is 6.30. The molecular formula is C20H23ClN4O2. The molecule has 1 heterocycles. The minimum atomic E-state index is -0.266. The molecule has 7 heteroatoms. The molecule has 142 valence electrons. The summed E-state index contributed by atoms with van der Waals surface area (Å²) in [6.45, 7) is 1.85. The van der Waals surface area contributed by atoms with Crippen molar-refractivity contribution in [3.63, 3.8) is 0 Å². The van der Waals surface area contributed by atoms with E-state index in [0.29, 0.717) is 23.8 Å². The van der Waals surface area contributed by atoms with Crippen molar-refractivity contribution in [3.8, 4) is 0 Å². The quantitative estimate of drug-likeness (QED) is 0.714. The topological polar surface area (TPSA) is 73.5 Å². The van der Waals surface area contributed by atoms with E-state index < -0.39 is 0 Å². The van der Waals surface area contributed by atoms with Gasteiger partial charge in [-0.25, -0.2) is 4.79 Å².